The number of hydrogen-bond donors (Lipinski definition) is 1. The zero-order valence-corrected chi connectivity index (χ0v) is 19.1. The second kappa shape index (κ2) is 9.53. The summed E-state index contributed by atoms with van der Waals surface area (Å²) in [6.07, 6.45) is 2.66. The number of nitrogens with two attached hydrogens (primary N) is 1. The van der Waals surface area contributed by atoms with Gasteiger partial charge in [0.1, 0.15) is 16.5 Å². The number of para-hydroxylation sites is 1. The van der Waals surface area contributed by atoms with Gasteiger partial charge in [-0.3, -0.25) is 4.79 Å². The number of nitrogens with zero attached hydrogens (tertiary/aromatic N) is 3. The van der Waals surface area contributed by atoms with E-state index < -0.39 is 0 Å². The molecule has 4 rings (SSSR count). The molecular weight excluding hydrogens is 428 g/mol. The number of Topliss-reactive ketones (excluding diaryl/α,β-unsaturated/α-hetero) is 1. The topological polar surface area (TPSA) is 91.0 Å². The van der Waals surface area contributed by atoms with E-state index in [1.54, 1.807) is 0 Å². The van der Waals surface area contributed by atoms with E-state index in [1.165, 1.54) is 22.7 Å². The van der Waals surface area contributed by atoms with E-state index in [0.29, 0.717) is 16.6 Å². The van der Waals surface area contributed by atoms with Gasteiger partial charge >= 0.3 is 0 Å². The Morgan fingerprint density at radius 2 is 1.87 bits per heavy atom. The first-order valence-corrected chi connectivity index (χ1v) is 11.9. The van der Waals surface area contributed by atoms with E-state index in [9.17, 15) is 4.79 Å². The Bertz CT molecular complexity index is 1200. The van der Waals surface area contributed by atoms with Crippen LogP contribution in [-0.2, 0) is 17.6 Å². The van der Waals surface area contributed by atoms with Crippen molar-refractivity contribution >= 4 is 43.8 Å². The number of fused-ring (bicyclic) bond motifs is 1. The summed E-state index contributed by atoms with van der Waals surface area (Å²) >= 11 is 2.87. The van der Waals surface area contributed by atoms with E-state index >= 15 is 0 Å². The lowest BCUT2D eigenvalue weighted by Gasteiger charge is -2.17. The number of carbonyl (C=O) groups excluding carboxylic acids is 1. The summed E-state index contributed by atoms with van der Waals surface area (Å²) in [5.74, 6) is 0.906. The molecule has 0 aliphatic heterocycles. The van der Waals surface area contributed by atoms with Crippen LogP contribution >= 0.6 is 22.7 Å². The van der Waals surface area contributed by atoms with Crippen LogP contribution in [-0.4, -0.2) is 27.1 Å². The van der Waals surface area contributed by atoms with Crippen LogP contribution in [0.1, 0.15) is 37.3 Å². The van der Waals surface area contributed by atoms with Gasteiger partial charge in [-0.25, -0.2) is 4.98 Å². The summed E-state index contributed by atoms with van der Waals surface area (Å²) in [6.45, 7) is 4.24. The number of ketones is 1. The number of hydrogen-bond acceptors (Lipinski definition) is 8. The average Bonchev–Trinajstić information content (AvgIpc) is 3.37. The standard InChI is InChI=1S/C23H24N4O2S2/c1-3-16(4-2)29-19-8-6-5-7-17(19)22-27-26-21(31-22)13-15(28)11-14-9-10-18-20(12-14)30-23(24)25-18/h5-10,12,16H,3-4,11,13H2,1-2H3,(H2,24,25). The number of carbonyl (C=O) groups is 1. The van der Waals surface area contributed by atoms with Crippen LogP contribution in [0.2, 0.25) is 0 Å². The van der Waals surface area contributed by atoms with E-state index in [-0.39, 0.29) is 18.3 Å². The Balaban J connectivity index is 1.46. The highest BCUT2D eigenvalue weighted by Gasteiger charge is 2.16. The fourth-order valence-electron chi connectivity index (χ4n) is 3.37. The summed E-state index contributed by atoms with van der Waals surface area (Å²) in [7, 11) is 0. The molecule has 0 fully saturated rings. The number of ether oxygens (including phenoxy) is 1. The second-order valence-electron chi connectivity index (χ2n) is 7.30. The van der Waals surface area contributed by atoms with Crippen LogP contribution in [0.25, 0.3) is 20.8 Å². The van der Waals surface area contributed by atoms with Gasteiger partial charge in [0.2, 0.25) is 0 Å². The molecule has 0 radical (unpaired) electrons. The van der Waals surface area contributed by atoms with Crippen LogP contribution in [0, 0.1) is 0 Å². The van der Waals surface area contributed by atoms with Crippen LogP contribution in [0.5, 0.6) is 5.75 Å². The van der Waals surface area contributed by atoms with Gasteiger partial charge in [-0.1, -0.05) is 54.7 Å². The maximum absolute atomic E-state index is 12.6. The Morgan fingerprint density at radius 1 is 1.06 bits per heavy atom. The van der Waals surface area contributed by atoms with Crippen LogP contribution in [0.4, 0.5) is 5.13 Å². The minimum atomic E-state index is 0.0982. The molecule has 2 aromatic carbocycles. The third-order valence-corrected chi connectivity index (χ3v) is 6.81. The van der Waals surface area contributed by atoms with Gasteiger partial charge in [0.15, 0.2) is 10.1 Å². The van der Waals surface area contributed by atoms with Gasteiger partial charge in [-0.05, 0) is 42.7 Å². The molecule has 0 saturated carbocycles. The zero-order valence-electron chi connectivity index (χ0n) is 17.5. The predicted octanol–water partition coefficient (Wildman–Crippen LogP) is 5.32. The largest absolute Gasteiger partial charge is 0.490 e. The molecule has 8 heteroatoms. The first-order valence-electron chi connectivity index (χ1n) is 10.3. The van der Waals surface area contributed by atoms with Crippen molar-refractivity contribution in [3.63, 3.8) is 0 Å². The van der Waals surface area contributed by atoms with Crippen molar-refractivity contribution in [3.8, 4) is 16.3 Å². The van der Waals surface area contributed by atoms with Gasteiger partial charge in [-0.15, -0.1) is 10.2 Å². The number of rotatable bonds is 9. The highest BCUT2D eigenvalue weighted by atomic mass is 32.1. The maximum atomic E-state index is 12.6. The lowest BCUT2D eigenvalue weighted by molar-refractivity contribution is -0.117. The number of benzene rings is 2. The van der Waals surface area contributed by atoms with Crippen molar-refractivity contribution in [2.45, 2.75) is 45.6 Å². The Kier molecular flexibility index (Phi) is 6.58. The molecule has 2 aromatic heterocycles. The van der Waals surface area contributed by atoms with Gasteiger partial charge < -0.3 is 10.5 Å². The summed E-state index contributed by atoms with van der Waals surface area (Å²) in [6, 6.07) is 13.7. The second-order valence-corrected chi connectivity index (χ2v) is 9.42. The first-order chi connectivity index (χ1) is 15.1. The molecule has 4 aromatic rings. The number of anilines is 1. The molecule has 0 bridgehead atoms. The lowest BCUT2D eigenvalue weighted by atomic mass is 10.1. The molecule has 160 valence electrons. The minimum absolute atomic E-state index is 0.0982. The smallest absolute Gasteiger partial charge is 0.181 e. The summed E-state index contributed by atoms with van der Waals surface area (Å²) in [5, 5.41) is 10.6. The van der Waals surface area contributed by atoms with Gasteiger partial charge in [0, 0.05) is 6.42 Å². The third kappa shape index (κ3) is 5.08. The molecule has 0 spiro atoms. The van der Waals surface area contributed by atoms with Gasteiger partial charge in [-0.2, -0.15) is 0 Å². The lowest BCUT2D eigenvalue weighted by Crippen LogP contribution is -2.14. The highest BCUT2D eigenvalue weighted by molar-refractivity contribution is 7.22. The number of thiazole rings is 1. The Hall–Kier alpha value is -2.84. The summed E-state index contributed by atoms with van der Waals surface area (Å²) in [4.78, 5) is 16.9. The van der Waals surface area contributed by atoms with Crippen molar-refractivity contribution in [1.29, 1.82) is 0 Å². The summed E-state index contributed by atoms with van der Waals surface area (Å²) < 4.78 is 7.16. The molecule has 0 atom stereocenters. The number of nitrogen functional groups attached to an aromatic ring is 1. The van der Waals surface area contributed by atoms with E-state index in [2.05, 4.69) is 29.0 Å². The van der Waals surface area contributed by atoms with Crippen molar-refractivity contribution in [1.82, 2.24) is 15.2 Å². The monoisotopic (exact) mass is 452 g/mol. The highest BCUT2D eigenvalue weighted by Crippen LogP contribution is 2.33. The Morgan fingerprint density at radius 3 is 2.68 bits per heavy atom. The minimum Gasteiger partial charge on any atom is -0.490 e. The molecule has 6 nitrogen and oxygen atoms in total. The number of aromatic nitrogens is 3. The molecule has 0 unspecified atom stereocenters. The molecule has 0 saturated heterocycles. The normalized spacial score (nSPS) is 11.3. The molecule has 0 amide bonds. The quantitative estimate of drug-likeness (QED) is 0.370. The average molecular weight is 453 g/mol. The SMILES string of the molecule is CCC(CC)Oc1ccccc1-c1nnc(CC(=O)Cc2ccc3nc(N)sc3c2)s1. The molecule has 0 aliphatic carbocycles. The molecule has 2 heterocycles. The zero-order chi connectivity index (χ0) is 21.8. The fraction of sp³-hybridized carbons (Fsp3) is 0.304. The van der Waals surface area contributed by atoms with Gasteiger partial charge in [0.05, 0.1) is 28.3 Å². The molecular formula is C23H24N4O2S2. The van der Waals surface area contributed by atoms with E-state index in [0.717, 1.165) is 44.9 Å². The van der Waals surface area contributed by atoms with Crippen LogP contribution < -0.4 is 10.5 Å². The molecule has 0 aliphatic rings. The first kappa shape index (κ1) is 21.4. The predicted molar refractivity (Wildman–Crippen MR) is 127 cm³/mol. The van der Waals surface area contributed by atoms with Gasteiger partial charge in [0.25, 0.3) is 0 Å². The maximum Gasteiger partial charge on any atom is 0.181 e. The molecule has 2 N–H and O–H groups in total. The van der Waals surface area contributed by atoms with Crippen molar-refractivity contribution in [3.05, 3.63) is 53.0 Å². The van der Waals surface area contributed by atoms with Crippen LogP contribution in [0.15, 0.2) is 42.5 Å². The fourth-order valence-corrected chi connectivity index (χ4v) is 5.07. The summed E-state index contributed by atoms with van der Waals surface area (Å²) in [5.41, 5.74) is 8.50. The van der Waals surface area contributed by atoms with E-state index in [1.807, 2.05) is 42.5 Å². The van der Waals surface area contributed by atoms with Crippen molar-refractivity contribution < 1.29 is 9.53 Å². The Labute approximate surface area is 189 Å². The van der Waals surface area contributed by atoms with Crippen LogP contribution in [0.3, 0.4) is 0 Å². The van der Waals surface area contributed by atoms with Crippen molar-refractivity contribution in [2.75, 3.05) is 5.73 Å². The van der Waals surface area contributed by atoms with Crippen molar-refractivity contribution in [2.24, 2.45) is 0 Å². The van der Waals surface area contributed by atoms with E-state index in [4.69, 9.17) is 10.5 Å². The third-order valence-electron chi connectivity index (χ3n) is 5.01. The molecule has 31 heavy (non-hydrogen) atoms.